The first-order valence-corrected chi connectivity index (χ1v) is 6.25. The Morgan fingerprint density at radius 2 is 2.05 bits per heavy atom. The minimum atomic E-state index is -1.03. The molecule has 6 heteroatoms. The number of carbonyl (C=O) groups is 2. The molecule has 1 fully saturated rings. The lowest BCUT2D eigenvalue weighted by Crippen LogP contribution is -2.48. The predicted molar refractivity (Wildman–Crippen MR) is 66.3 cm³/mol. The predicted octanol–water partition coefficient (Wildman–Crippen LogP) is 1.45. The van der Waals surface area contributed by atoms with E-state index in [4.69, 9.17) is 9.47 Å². The molecule has 106 valence electrons. The van der Waals surface area contributed by atoms with Crippen molar-refractivity contribution in [1.82, 2.24) is 4.90 Å². The highest BCUT2D eigenvalue weighted by Gasteiger charge is 2.50. The molecule has 1 aliphatic heterocycles. The van der Waals surface area contributed by atoms with Crippen LogP contribution >= 0.6 is 0 Å². The van der Waals surface area contributed by atoms with Crippen molar-refractivity contribution >= 4 is 12.1 Å². The molecule has 1 saturated heterocycles. The molecule has 3 atom stereocenters. The first-order chi connectivity index (χ1) is 8.83. The highest BCUT2D eigenvalue weighted by atomic mass is 16.6. The lowest BCUT2D eigenvalue weighted by atomic mass is 10.2. The molecule has 1 heterocycles. The highest BCUT2D eigenvalue weighted by molar-refractivity contribution is 5.81. The summed E-state index contributed by atoms with van der Waals surface area (Å²) in [5.41, 5.74) is -0.623. The van der Waals surface area contributed by atoms with Gasteiger partial charge in [-0.25, -0.2) is 9.59 Å². The Hall–Kier alpha value is -1.56. The van der Waals surface area contributed by atoms with E-state index in [2.05, 4.69) is 4.74 Å². The molecule has 0 saturated carbocycles. The molecule has 0 aromatic carbocycles. The third-order valence-electron chi connectivity index (χ3n) is 2.99. The number of ether oxygens (including phenoxy) is 3. The molecule has 0 unspecified atom stereocenters. The Bertz CT molecular complexity index is 412. The largest absolute Gasteiger partial charge is 0.466 e. The number of fused-ring (bicyclic) bond motifs is 1. The number of rotatable bonds is 1. The lowest BCUT2D eigenvalue weighted by molar-refractivity contribution is -0.159. The van der Waals surface area contributed by atoms with Crippen molar-refractivity contribution in [3.05, 3.63) is 12.2 Å². The molecule has 0 N–H and O–H groups in total. The third-order valence-corrected chi connectivity index (χ3v) is 2.99. The van der Waals surface area contributed by atoms with E-state index in [0.717, 1.165) is 0 Å². The van der Waals surface area contributed by atoms with E-state index in [1.54, 1.807) is 20.8 Å². The van der Waals surface area contributed by atoms with Crippen molar-refractivity contribution in [2.75, 3.05) is 7.11 Å². The second kappa shape index (κ2) is 4.85. The van der Waals surface area contributed by atoms with Crippen LogP contribution in [0.1, 0.15) is 27.2 Å². The molecule has 0 spiro atoms. The summed E-state index contributed by atoms with van der Waals surface area (Å²) in [6, 6.07) is -0.195. The van der Waals surface area contributed by atoms with Crippen LogP contribution in [-0.2, 0) is 19.0 Å². The van der Waals surface area contributed by atoms with Gasteiger partial charge in [0.1, 0.15) is 5.60 Å². The molecule has 0 aromatic heterocycles. The number of hydrogen-bond acceptors (Lipinski definition) is 5. The van der Waals surface area contributed by atoms with E-state index in [0.29, 0.717) is 6.42 Å². The van der Waals surface area contributed by atoms with Gasteiger partial charge in [-0.2, -0.15) is 0 Å². The van der Waals surface area contributed by atoms with Crippen molar-refractivity contribution in [1.29, 1.82) is 0 Å². The topological polar surface area (TPSA) is 65.1 Å². The van der Waals surface area contributed by atoms with E-state index < -0.39 is 23.9 Å². The summed E-state index contributed by atoms with van der Waals surface area (Å²) < 4.78 is 15.5. The fourth-order valence-electron chi connectivity index (χ4n) is 2.23. The Morgan fingerprint density at radius 3 is 2.63 bits per heavy atom. The number of carbonyl (C=O) groups excluding carboxylic acids is 2. The maximum absolute atomic E-state index is 12.2. The quantitative estimate of drug-likeness (QED) is 0.532. The maximum Gasteiger partial charge on any atom is 0.413 e. The zero-order valence-electron chi connectivity index (χ0n) is 11.6. The summed E-state index contributed by atoms with van der Waals surface area (Å²) >= 11 is 0. The molecule has 6 nitrogen and oxygen atoms in total. The minimum Gasteiger partial charge on any atom is -0.466 e. The molecule has 0 bridgehead atoms. The van der Waals surface area contributed by atoms with E-state index >= 15 is 0 Å². The standard InChI is InChI=1S/C13H19NO5/c1-13(2,3)19-12(16)14-8-6-5-7-9(8)18-10(14)11(15)17-4/h5,7-10H,6H2,1-4H3/t8-,9+,10-/m1/s1. The summed E-state index contributed by atoms with van der Waals surface area (Å²) in [4.78, 5) is 25.3. The summed E-state index contributed by atoms with van der Waals surface area (Å²) in [5.74, 6) is -0.589. The van der Waals surface area contributed by atoms with Gasteiger partial charge in [-0.05, 0) is 27.2 Å². The Kier molecular flexibility index (Phi) is 3.54. The fourth-order valence-corrected chi connectivity index (χ4v) is 2.23. The smallest absolute Gasteiger partial charge is 0.413 e. The molecule has 1 amide bonds. The monoisotopic (exact) mass is 269 g/mol. The van der Waals surface area contributed by atoms with E-state index in [9.17, 15) is 9.59 Å². The second-order valence-corrected chi connectivity index (χ2v) is 5.60. The first kappa shape index (κ1) is 13.9. The molecule has 2 aliphatic rings. The second-order valence-electron chi connectivity index (χ2n) is 5.60. The van der Waals surface area contributed by atoms with Crippen LogP contribution in [0.15, 0.2) is 12.2 Å². The van der Waals surface area contributed by atoms with Crippen LogP contribution in [0.3, 0.4) is 0 Å². The van der Waals surface area contributed by atoms with Crippen molar-refractivity contribution in [2.45, 2.75) is 51.2 Å². The van der Waals surface area contributed by atoms with Gasteiger partial charge in [-0.15, -0.1) is 0 Å². The van der Waals surface area contributed by atoms with Gasteiger partial charge < -0.3 is 14.2 Å². The molecule has 0 radical (unpaired) electrons. The van der Waals surface area contributed by atoms with Crippen molar-refractivity contribution in [2.24, 2.45) is 0 Å². The molecule has 1 aliphatic carbocycles. The maximum atomic E-state index is 12.2. The third kappa shape index (κ3) is 2.73. The first-order valence-electron chi connectivity index (χ1n) is 6.25. The van der Waals surface area contributed by atoms with Gasteiger partial charge in [-0.3, -0.25) is 4.90 Å². The van der Waals surface area contributed by atoms with E-state index in [-0.39, 0.29) is 12.1 Å². The number of methoxy groups -OCH3 is 1. The summed E-state index contributed by atoms with van der Waals surface area (Å²) in [6.45, 7) is 5.33. The Balaban J connectivity index is 2.18. The minimum absolute atomic E-state index is 0.195. The highest BCUT2D eigenvalue weighted by Crippen LogP contribution is 2.32. The van der Waals surface area contributed by atoms with Crippen LogP contribution in [-0.4, -0.2) is 48.0 Å². The van der Waals surface area contributed by atoms with Crippen LogP contribution in [0, 0.1) is 0 Å². The van der Waals surface area contributed by atoms with E-state index in [1.807, 2.05) is 12.2 Å². The van der Waals surface area contributed by atoms with Gasteiger partial charge in [-0.1, -0.05) is 12.2 Å². The van der Waals surface area contributed by atoms with Gasteiger partial charge in [0.05, 0.1) is 19.3 Å². The van der Waals surface area contributed by atoms with Crippen LogP contribution in [0.25, 0.3) is 0 Å². The summed E-state index contributed by atoms with van der Waals surface area (Å²) in [7, 11) is 1.27. The van der Waals surface area contributed by atoms with Gasteiger partial charge in [0.15, 0.2) is 0 Å². The van der Waals surface area contributed by atoms with Crippen LogP contribution in [0.4, 0.5) is 4.79 Å². The Morgan fingerprint density at radius 1 is 1.37 bits per heavy atom. The number of esters is 1. The Labute approximate surface area is 112 Å². The number of hydrogen-bond donors (Lipinski definition) is 0. The zero-order valence-corrected chi connectivity index (χ0v) is 11.6. The van der Waals surface area contributed by atoms with Crippen molar-refractivity contribution in [3.63, 3.8) is 0 Å². The van der Waals surface area contributed by atoms with E-state index in [1.165, 1.54) is 12.0 Å². The van der Waals surface area contributed by atoms with Crippen molar-refractivity contribution in [3.8, 4) is 0 Å². The van der Waals surface area contributed by atoms with Crippen LogP contribution in [0.2, 0.25) is 0 Å². The average Bonchev–Trinajstić information content (AvgIpc) is 2.84. The lowest BCUT2D eigenvalue weighted by Gasteiger charge is -2.29. The molecular weight excluding hydrogens is 250 g/mol. The fraction of sp³-hybridized carbons (Fsp3) is 0.692. The number of nitrogens with zero attached hydrogens (tertiary/aromatic N) is 1. The van der Waals surface area contributed by atoms with Crippen molar-refractivity contribution < 1.29 is 23.8 Å². The zero-order chi connectivity index (χ0) is 14.2. The van der Waals surface area contributed by atoms with Crippen LogP contribution < -0.4 is 0 Å². The van der Waals surface area contributed by atoms with Gasteiger partial charge >= 0.3 is 12.1 Å². The van der Waals surface area contributed by atoms with Gasteiger partial charge in [0.2, 0.25) is 6.23 Å². The average molecular weight is 269 g/mol. The summed E-state index contributed by atoms with van der Waals surface area (Å²) in [5, 5.41) is 0. The number of amides is 1. The molecule has 0 aromatic rings. The normalized spacial score (nSPS) is 29.3. The molecule has 19 heavy (non-hydrogen) atoms. The van der Waals surface area contributed by atoms with Crippen LogP contribution in [0.5, 0.6) is 0 Å². The molecular formula is C13H19NO5. The molecule has 2 rings (SSSR count). The van der Waals surface area contributed by atoms with Gasteiger partial charge in [0.25, 0.3) is 0 Å². The van der Waals surface area contributed by atoms with Gasteiger partial charge in [0, 0.05) is 0 Å². The SMILES string of the molecule is COC(=O)[C@H]1O[C@H]2C=CC[C@H]2N1C(=O)OC(C)(C)C. The summed E-state index contributed by atoms with van der Waals surface area (Å²) in [6.07, 6.45) is 2.58.